The number of halogens is 2. The number of benzene rings is 3. The average Bonchev–Trinajstić information content (AvgIpc) is 3.50. The van der Waals surface area contributed by atoms with Gasteiger partial charge in [0.15, 0.2) is 0 Å². The topological polar surface area (TPSA) is 262 Å². The summed E-state index contributed by atoms with van der Waals surface area (Å²) in [6, 6.07) is 21.6. The number of carbonyl (C=O) groups excluding carboxylic acids is 4. The Morgan fingerprint density at radius 1 is 0.585 bits per heavy atom. The van der Waals surface area contributed by atoms with Crippen LogP contribution in [0.15, 0.2) is 72.8 Å². The molecule has 0 saturated carbocycles. The predicted octanol–water partition coefficient (Wildman–Crippen LogP) is 10.00. The predicted molar refractivity (Wildman–Crippen MR) is 331 cm³/mol. The molecule has 0 unspecified atom stereocenters. The molecule has 0 aromatic heterocycles. The molecule has 82 heavy (non-hydrogen) atoms. The summed E-state index contributed by atoms with van der Waals surface area (Å²) in [6.07, 6.45) is 1.04. The highest BCUT2D eigenvalue weighted by Gasteiger charge is 2.30. The van der Waals surface area contributed by atoms with Crippen molar-refractivity contribution in [3.63, 3.8) is 0 Å². The molecular weight excluding hydrogens is 1080 g/mol. The number of ether oxygens (including phenoxy) is 5. The summed E-state index contributed by atoms with van der Waals surface area (Å²) in [5, 5.41) is 19.8. The van der Waals surface area contributed by atoms with Crippen LogP contribution in [0.5, 0.6) is 0 Å². The number of carboxylic acid groups (broad SMARTS) is 1. The van der Waals surface area contributed by atoms with E-state index in [2.05, 4.69) is 48.1 Å². The number of hydrogen-bond donors (Lipinski definition) is 7. The lowest BCUT2D eigenvalue weighted by Crippen LogP contribution is -2.49. The van der Waals surface area contributed by atoms with E-state index in [1.54, 1.807) is 48.5 Å². The molecule has 3 aliphatic rings. The zero-order valence-electron chi connectivity index (χ0n) is 51.0. The minimum absolute atomic E-state index is 0. The molecule has 9 N–H and O–H groups in total. The lowest BCUT2D eigenvalue weighted by molar-refractivity contribution is -0.140. The van der Waals surface area contributed by atoms with E-state index in [0.717, 1.165) is 115 Å². The number of nitrogens with one attached hydrogen (secondary N) is 4. The third kappa shape index (κ3) is 29.2. The third-order valence-electron chi connectivity index (χ3n) is 13.2. The van der Waals surface area contributed by atoms with Gasteiger partial charge in [-0.1, -0.05) is 68.2 Å². The highest BCUT2D eigenvalue weighted by molar-refractivity contribution is 5.97. The van der Waals surface area contributed by atoms with E-state index in [-0.39, 0.29) is 49.4 Å². The van der Waals surface area contributed by atoms with Gasteiger partial charge >= 0.3 is 18.2 Å². The molecule has 20 nitrogen and oxygen atoms in total. The first kappa shape index (κ1) is 73.9. The van der Waals surface area contributed by atoms with Crippen molar-refractivity contribution in [2.75, 3.05) is 117 Å². The van der Waals surface area contributed by atoms with E-state index in [1.165, 1.54) is 5.69 Å². The first-order valence-corrected chi connectivity index (χ1v) is 27.7. The van der Waals surface area contributed by atoms with E-state index in [9.17, 15) is 28.4 Å². The van der Waals surface area contributed by atoms with Gasteiger partial charge in [0.25, 0.3) is 0 Å². The molecule has 4 amide bonds. The maximum absolute atomic E-state index is 12.8. The summed E-state index contributed by atoms with van der Waals surface area (Å²) in [7, 11) is -1.00. The van der Waals surface area contributed by atoms with Crippen LogP contribution in [0.25, 0.3) is 0 Å². The van der Waals surface area contributed by atoms with Crippen LogP contribution in [0.3, 0.4) is 0 Å². The standard InChI is InChI=1S/C21H33N3O4.C16H25N3O2.C11H21NO4.C10H14N2O.CH3F.CH4.ClH/c1-6-15(2)18(23-20(26)28-21(3,4)5)19(25)22-16-7-9-17(10-8-16)24-11-13-27-14-12-24;1-3-12(2)15(17)16(20)18-13-4-6-14(7-5-13)19-8-10-21-11-9-19;1-6-7(2)8(9(13)14)12-10(15)16-11(3,4)5;11-9-1-3-10(4-2-9)12-5-7-13-8-6-12;1-2;;/h7-10,15,18H,6,11-14H2,1-5H3,(H,22,25)(H,23,26);4-7,12,15H,3,8-11,17H2,1-2H3,(H,18,20);7-8H,6H2,1-5H3,(H,12,15)(H,13,14);1-4H,5-8,11H2;1H3;1H4;1H/t15-,18-;12-,15-;7-,8-;;;;/m000..../s1/i;;;;1D;;. The molecule has 3 saturated heterocycles. The van der Waals surface area contributed by atoms with Crippen LogP contribution in [0.1, 0.15) is 111 Å². The van der Waals surface area contributed by atoms with E-state index >= 15 is 0 Å². The Bertz CT molecular complexity index is 2280. The van der Waals surface area contributed by atoms with Crippen molar-refractivity contribution in [1.82, 2.24) is 10.6 Å². The normalized spacial score (nSPS) is 16.3. The van der Waals surface area contributed by atoms with Crippen LogP contribution in [-0.4, -0.2) is 150 Å². The van der Waals surface area contributed by atoms with Gasteiger partial charge in [-0.2, -0.15) is 0 Å². The van der Waals surface area contributed by atoms with Crippen molar-refractivity contribution in [3.8, 4) is 0 Å². The first-order chi connectivity index (χ1) is 38.2. The quantitative estimate of drug-likeness (QED) is 0.0658. The molecule has 6 atom stereocenters. The van der Waals surface area contributed by atoms with Crippen LogP contribution < -0.4 is 47.4 Å². The second-order valence-electron chi connectivity index (χ2n) is 21.7. The lowest BCUT2D eigenvalue weighted by Gasteiger charge is -2.29. The van der Waals surface area contributed by atoms with E-state index in [1.807, 2.05) is 95.3 Å². The number of anilines is 6. The summed E-state index contributed by atoms with van der Waals surface area (Å²) < 4.78 is 41.8. The average molecular weight is 1180 g/mol. The molecule has 0 spiro atoms. The summed E-state index contributed by atoms with van der Waals surface area (Å²) in [4.78, 5) is 66.1. The number of alkyl carbamates (subject to hydrolysis) is 2. The molecule has 3 heterocycles. The lowest BCUT2D eigenvalue weighted by atomic mass is 9.98. The molecule has 0 aliphatic carbocycles. The van der Waals surface area contributed by atoms with Crippen LogP contribution >= 0.6 is 12.4 Å². The number of hydrogen-bond acceptors (Lipinski definition) is 15. The van der Waals surface area contributed by atoms with Crippen molar-refractivity contribution in [3.05, 3.63) is 72.8 Å². The van der Waals surface area contributed by atoms with Gasteiger partial charge in [-0.3, -0.25) is 14.0 Å². The molecule has 0 radical (unpaired) electrons. The minimum Gasteiger partial charge on any atom is -0.480 e. The van der Waals surface area contributed by atoms with Crippen molar-refractivity contribution in [2.24, 2.45) is 23.5 Å². The van der Waals surface area contributed by atoms with Gasteiger partial charge in [0.2, 0.25) is 11.8 Å². The van der Waals surface area contributed by atoms with E-state index < -0.39 is 54.6 Å². The van der Waals surface area contributed by atoms with Gasteiger partial charge in [0.05, 0.1) is 54.2 Å². The van der Waals surface area contributed by atoms with E-state index in [4.69, 9.17) is 41.6 Å². The summed E-state index contributed by atoms with van der Waals surface area (Å²) >= 11 is 0. The Morgan fingerprint density at radius 3 is 1.18 bits per heavy atom. The van der Waals surface area contributed by atoms with Gasteiger partial charge in [0.1, 0.15) is 23.3 Å². The fourth-order valence-electron chi connectivity index (χ4n) is 7.87. The number of morpholine rings is 3. The molecule has 3 aromatic rings. The molecule has 3 aromatic carbocycles. The van der Waals surface area contributed by atoms with Gasteiger partial charge in [-0.15, -0.1) is 12.4 Å². The van der Waals surface area contributed by atoms with Crippen molar-refractivity contribution in [2.45, 2.75) is 139 Å². The van der Waals surface area contributed by atoms with Gasteiger partial charge in [-0.25, -0.2) is 14.4 Å². The molecule has 3 aliphatic heterocycles. The summed E-state index contributed by atoms with van der Waals surface area (Å²) in [5.41, 5.74) is 16.1. The van der Waals surface area contributed by atoms with Gasteiger partial charge in [-0.05, 0) is 132 Å². The number of rotatable bonds is 16. The number of nitrogens with two attached hydrogens (primary N) is 2. The molecule has 6 rings (SSSR count). The number of aliphatic carboxylic acids is 1. The monoisotopic (exact) mass is 1180 g/mol. The van der Waals surface area contributed by atoms with E-state index in [0.29, 0.717) is 12.1 Å². The van der Waals surface area contributed by atoms with Crippen LogP contribution in [0, 0.1) is 17.8 Å². The largest absolute Gasteiger partial charge is 0.480 e. The summed E-state index contributed by atoms with van der Waals surface area (Å²) in [5.74, 6) is -1.40. The van der Waals surface area contributed by atoms with Gasteiger partial charge < -0.3 is 76.2 Å². The SMILES string of the molecule is C.CC[C@H](C)[C@H](N)C(=O)Nc1ccc(N2CCOCC2)cc1.CC[C@H](C)[C@H](NC(=O)OC(C)(C)C)C(=O)Nc1ccc(N2CCOCC2)cc1.CC[C@H](C)[C@H](NC(=O)OC(C)(C)C)C(=O)O.Cl.Nc1ccc(N2CCOCC2)cc1.[2H]CF. The first-order valence-electron chi connectivity index (χ1n) is 28.4. The molecule has 0 bridgehead atoms. The highest BCUT2D eigenvalue weighted by Crippen LogP contribution is 2.23. The van der Waals surface area contributed by atoms with Crippen LogP contribution in [-0.2, 0) is 38.1 Å². The Balaban J connectivity index is 0.00000109. The number of nitrogens with zero attached hydrogens (tertiary/aromatic N) is 3. The zero-order chi connectivity index (χ0) is 60.7. The zero-order valence-corrected chi connectivity index (χ0v) is 50.8. The van der Waals surface area contributed by atoms with Crippen molar-refractivity contribution >= 4 is 76.5 Å². The minimum atomic E-state index is -1.04. The molecule has 22 heteroatoms. The van der Waals surface area contributed by atoms with Gasteiger partial charge in [0, 0.05) is 73.4 Å². The second kappa shape index (κ2) is 39.4. The number of carbonyl (C=O) groups is 5. The molecule has 3 fully saturated rings. The van der Waals surface area contributed by atoms with Crippen LogP contribution in [0.2, 0.25) is 0 Å². The fourth-order valence-corrected chi connectivity index (χ4v) is 7.87. The maximum Gasteiger partial charge on any atom is 0.408 e. The fraction of sp³-hybridized carbons (Fsp3) is 0.617. The number of alkyl halides is 1. The molecule has 466 valence electrons. The number of amides is 4. The maximum atomic E-state index is 12.8. The Kier molecular flexibility index (Phi) is 35.5. The number of nitrogen functional groups attached to an aromatic ring is 1. The highest BCUT2D eigenvalue weighted by atomic mass is 35.5. The summed E-state index contributed by atoms with van der Waals surface area (Å²) in [6.45, 7) is 32.3. The second-order valence-corrected chi connectivity index (χ2v) is 21.7. The van der Waals surface area contributed by atoms with Crippen LogP contribution in [0.4, 0.5) is 48.1 Å². The Labute approximate surface area is 496 Å². The van der Waals surface area contributed by atoms with Crippen molar-refractivity contribution in [1.29, 1.82) is 0 Å². The molecular formula is C60H101ClFN9O11. The third-order valence-corrected chi connectivity index (χ3v) is 13.2. The van der Waals surface area contributed by atoms with Crippen molar-refractivity contribution < 1.29 is 58.5 Å². The smallest absolute Gasteiger partial charge is 0.408 e. The Hall–Kier alpha value is -6.13. The Morgan fingerprint density at radius 2 is 0.878 bits per heavy atom. The number of carboxylic acids is 1.